The first kappa shape index (κ1) is 21.3. The highest BCUT2D eigenvalue weighted by atomic mass is 35.5. The summed E-state index contributed by atoms with van der Waals surface area (Å²) in [5.41, 5.74) is 5.65. The summed E-state index contributed by atoms with van der Waals surface area (Å²) >= 11 is 0. The van der Waals surface area contributed by atoms with Crippen molar-refractivity contribution in [3.63, 3.8) is 0 Å². The molecule has 1 aliphatic rings. The van der Waals surface area contributed by atoms with Gasteiger partial charge in [-0.15, -0.1) is 24.8 Å². The monoisotopic (exact) mass is 313 g/mol. The number of nitrogens with zero attached hydrogens (tertiary/aromatic N) is 1. The first-order valence-electron chi connectivity index (χ1n) is 6.70. The summed E-state index contributed by atoms with van der Waals surface area (Å²) in [6.07, 6.45) is 5.99. The second-order valence-electron chi connectivity index (χ2n) is 5.56. The number of amides is 1. The molecule has 0 saturated heterocycles. The Bertz CT molecular complexity index is 250. The number of rotatable bonds is 5. The average Bonchev–Trinajstić information content (AvgIpc) is 2.26. The summed E-state index contributed by atoms with van der Waals surface area (Å²) in [6, 6.07) is 1.08. The summed E-state index contributed by atoms with van der Waals surface area (Å²) < 4.78 is 0. The first-order chi connectivity index (χ1) is 7.99. The fourth-order valence-corrected chi connectivity index (χ4v) is 2.42. The molecule has 6 heteroatoms. The van der Waals surface area contributed by atoms with Gasteiger partial charge >= 0.3 is 0 Å². The molecule has 116 valence electrons. The third kappa shape index (κ3) is 8.69. The number of nitrogens with two attached hydrogens (primary N) is 1. The lowest BCUT2D eigenvalue weighted by Gasteiger charge is -2.33. The lowest BCUT2D eigenvalue weighted by atomic mass is 9.90. The van der Waals surface area contributed by atoms with Crippen LogP contribution in [-0.4, -0.2) is 43.0 Å². The van der Waals surface area contributed by atoms with Gasteiger partial charge in [-0.2, -0.15) is 0 Å². The molecule has 3 N–H and O–H groups in total. The summed E-state index contributed by atoms with van der Waals surface area (Å²) in [4.78, 5) is 14.0. The molecule has 4 nitrogen and oxygen atoms in total. The van der Waals surface area contributed by atoms with Gasteiger partial charge in [0.1, 0.15) is 0 Å². The zero-order valence-corrected chi connectivity index (χ0v) is 13.9. The Hall–Kier alpha value is -0.0300. The number of hydrogen-bond acceptors (Lipinski definition) is 3. The molecule has 0 radical (unpaired) electrons. The van der Waals surface area contributed by atoms with Gasteiger partial charge < -0.3 is 16.0 Å². The fraction of sp³-hybridized carbons (Fsp3) is 0.923. The van der Waals surface area contributed by atoms with Crippen LogP contribution in [0.1, 0.15) is 45.4 Å². The number of halogens is 2. The predicted octanol–water partition coefficient (Wildman–Crippen LogP) is 1.95. The Labute approximate surface area is 129 Å². The van der Waals surface area contributed by atoms with Gasteiger partial charge in [-0.3, -0.25) is 4.79 Å². The van der Waals surface area contributed by atoms with E-state index in [2.05, 4.69) is 24.3 Å². The molecule has 0 aromatic heterocycles. The van der Waals surface area contributed by atoms with Crippen molar-refractivity contribution in [1.82, 2.24) is 10.2 Å². The van der Waals surface area contributed by atoms with Gasteiger partial charge in [0.2, 0.25) is 5.91 Å². The molecule has 1 saturated carbocycles. The van der Waals surface area contributed by atoms with E-state index in [1.54, 1.807) is 0 Å². The van der Waals surface area contributed by atoms with Crippen LogP contribution in [0.25, 0.3) is 0 Å². The molecule has 3 atom stereocenters. The Kier molecular flexibility index (Phi) is 12.0. The molecule has 0 spiro atoms. The van der Waals surface area contributed by atoms with Crippen LogP contribution in [0.15, 0.2) is 0 Å². The van der Waals surface area contributed by atoms with Crippen molar-refractivity contribution in [3.8, 4) is 0 Å². The zero-order chi connectivity index (χ0) is 12.8. The third-order valence-corrected chi connectivity index (χ3v) is 3.57. The zero-order valence-electron chi connectivity index (χ0n) is 12.2. The van der Waals surface area contributed by atoms with E-state index < -0.39 is 0 Å². The fourth-order valence-electron chi connectivity index (χ4n) is 2.42. The average molecular weight is 314 g/mol. The molecule has 0 aliphatic heterocycles. The maximum atomic E-state index is 11.7. The van der Waals surface area contributed by atoms with E-state index in [1.807, 2.05) is 6.92 Å². The lowest BCUT2D eigenvalue weighted by molar-refractivity contribution is -0.122. The van der Waals surface area contributed by atoms with Crippen LogP contribution in [0.5, 0.6) is 0 Å². The van der Waals surface area contributed by atoms with Crippen molar-refractivity contribution in [3.05, 3.63) is 0 Å². The smallest absolute Gasteiger partial charge is 0.220 e. The minimum Gasteiger partial charge on any atom is -0.353 e. The van der Waals surface area contributed by atoms with Crippen molar-refractivity contribution in [2.45, 2.75) is 63.6 Å². The van der Waals surface area contributed by atoms with Crippen molar-refractivity contribution in [1.29, 1.82) is 0 Å². The second kappa shape index (κ2) is 10.7. The quantitative estimate of drug-likeness (QED) is 0.815. The highest BCUT2D eigenvalue weighted by Gasteiger charge is 2.24. The molecule has 1 aliphatic carbocycles. The van der Waals surface area contributed by atoms with Crippen LogP contribution in [0.3, 0.4) is 0 Å². The summed E-state index contributed by atoms with van der Waals surface area (Å²) in [6.45, 7) is 1.94. The maximum absolute atomic E-state index is 11.7. The Morgan fingerprint density at radius 2 is 2.00 bits per heavy atom. The van der Waals surface area contributed by atoms with Gasteiger partial charge in [0.25, 0.3) is 0 Å². The van der Waals surface area contributed by atoms with E-state index in [1.165, 1.54) is 12.8 Å². The normalized spacial score (nSPS) is 24.1. The van der Waals surface area contributed by atoms with Gasteiger partial charge in [-0.05, 0) is 53.1 Å². The third-order valence-electron chi connectivity index (χ3n) is 3.57. The van der Waals surface area contributed by atoms with E-state index in [4.69, 9.17) is 5.73 Å². The van der Waals surface area contributed by atoms with Crippen molar-refractivity contribution < 1.29 is 4.79 Å². The lowest BCUT2D eigenvalue weighted by Crippen LogP contribution is -2.43. The second-order valence-corrected chi connectivity index (χ2v) is 5.56. The predicted molar refractivity (Wildman–Crippen MR) is 85.3 cm³/mol. The molecule has 1 amide bonds. The minimum absolute atomic E-state index is 0. The molecule has 1 rings (SSSR count). The van der Waals surface area contributed by atoms with E-state index >= 15 is 0 Å². The highest BCUT2D eigenvalue weighted by Crippen LogP contribution is 2.21. The Balaban J connectivity index is 0. The molecule has 0 heterocycles. The maximum Gasteiger partial charge on any atom is 0.220 e. The van der Waals surface area contributed by atoms with Gasteiger partial charge in [0.05, 0.1) is 0 Å². The molecular weight excluding hydrogens is 285 g/mol. The standard InChI is InChI=1S/C13H27N3O.2ClH/c1-10(14)7-8-13(17)15-11-5-4-6-12(9-11)16(2)3;;/h10-12H,4-9,14H2,1-3H3,(H,15,17);2*1H. The number of hydrogen-bond donors (Lipinski definition) is 2. The van der Waals surface area contributed by atoms with E-state index in [0.29, 0.717) is 18.5 Å². The molecule has 0 aromatic rings. The molecule has 0 bridgehead atoms. The molecule has 3 unspecified atom stereocenters. The van der Waals surface area contributed by atoms with Crippen LogP contribution in [-0.2, 0) is 4.79 Å². The van der Waals surface area contributed by atoms with Gasteiger partial charge in [0, 0.05) is 24.5 Å². The highest BCUT2D eigenvalue weighted by molar-refractivity contribution is 5.85. The van der Waals surface area contributed by atoms with Crippen LogP contribution in [0.4, 0.5) is 0 Å². The van der Waals surface area contributed by atoms with Crippen LogP contribution in [0, 0.1) is 0 Å². The molecular formula is C13H29Cl2N3O. The van der Waals surface area contributed by atoms with Crippen LogP contribution in [0.2, 0.25) is 0 Å². The van der Waals surface area contributed by atoms with E-state index in [0.717, 1.165) is 19.3 Å². The summed E-state index contributed by atoms with van der Waals surface area (Å²) in [7, 11) is 4.23. The number of nitrogens with one attached hydrogen (secondary N) is 1. The van der Waals surface area contributed by atoms with Crippen LogP contribution >= 0.6 is 24.8 Å². The van der Waals surface area contributed by atoms with E-state index in [-0.39, 0.29) is 36.8 Å². The topological polar surface area (TPSA) is 58.4 Å². The Morgan fingerprint density at radius 3 is 2.53 bits per heavy atom. The van der Waals surface area contributed by atoms with Crippen LogP contribution < -0.4 is 11.1 Å². The SMILES string of the molecule is CC(N)CCC(=O)NC1CCCC(N(C)C)C1.Cl.Cl. The van der Waals surface area contributed by atoms with E-state index in [9.17, 15) is 4.79 Å². The first-order valence-corrected chi connectivity index (χ1v) is 6.70. The van der Waals surface area contributed by atoms with Crippen molar-refractivity contribution >= 4 is 30.7 Å². The van der Waals surface area contributed by atoms with Crippen molar-refractivity contribution in [2.75, 3.05) is 14.1 Å². The summed E-state index contributed by atoms with van der Waals surface area (Å²) in [5.74, 6) is 0.159. The van der Waals surface area contributed by atoms with Crippen molar-refractivity contribution in [2.24, 2.45) is 5.73 Å². The summed E-state index contributed by atoms with van der Waals surface area (Å²) in [5, 5.41) is 3.14. The number of carbonyl (C=O) groups is 1. The van der Waals surface area contributed by atoms with Gasteiger partial charge in [-0.25, -0.2) is 0 Å². The van der Waals surface area contributed by atoms with Gasteiger partial charge in [0.15, 0.2) is 0 Å². The molecule has 19 heavy (non-hydrogen) atoms. The molecule has 1 fully saturated rings. The largest absolute Gasteiger partial charge is 0.353 e. The minimum atomic E-state index is 0. The number of carbonyl (C=O) groups excluding carboxylic acids is 1. The van der Waals surface area contributed by atoms with Gasteiger partial charge in [-0.1, -0.05) is 0 Å². The molecule has 0 aromatic carbocycles. The Morgan fingerprint density at radius 1 is 1.37 bits per heavy atom.